The quantitative estimate of drug-likeness (QED) is 0.127. The van der Waals surface area contributed by atoms with E-state index in [4.69, 9.17) is 4.98 Å². The van der Waals surface area contributed by atoms with E-state index in [1.54, 1.807) is 0 Å². The maximum Gasteiger partial charge on any atom is 0.491 e. The van der Waals surface area contributed by atoms with Crippen molar-refractivity contribution in [2.75, 3.05) is 4.90 Å². The Hall–Kier alpha value is -8.56. The standard InChI is InChI=1S/C73H58N4Si2/c1-5-21-56(22-6-1)78(57-23-7-2-8-24-57)60-41-37-54(38-42-60)75-70(62-29-13-19-35-68(62)78)74-72(77-66-33-17-15-31-64(66)73(65-32-16-18-34-67(65)77)52-46-50-45-51(48-52)49-53(73)47-50)76-55-39-43-61(44-40-55)79(58-25-9-3-10-26-58,59-27-11-4-12-28-59)69-36-20-14-30-63(69)71(75)76/h1-44,50-53H,45-49H2/q+2. The largest absolute Gasteiger partial charge is 0.491 e. The Kier molecular flexibility index (Phi) is 9.91. The van der Waals surface area contributed by atoms with E-state index in [0.29, 0.717) is 11.8 Å². The number of aromatic nitrogens is 3. The molecule has 8 bridgehead atoms. The Morgan fingerprint density at radius 3 is 1.19 bits per heavy atom. The maximum atomic E-state index is 6.46. The molecule has 4 fully saturated rings. The summed E-state index contributed by atoms with van der Waals surface area (Å²) in [4.78, 5) is 9.07. The predicted octanol–water partition coefficient (Wildman–Crippen LogP) is 9.88. The minimum absolute atomic E-state index is 0.0700. The molecule has 1 aromatic heterocycles. The summed E-state index contributed by atoms with van der Waals surface area (Å²) >= 11 is 0. The van der Waals surface area contributed by atoms with Crippen molar-refractivity contribution in [1.29, 1.82) is 0 Å². The molecule has 10 aromatic carbocycles. The highest BCUT2D eigenvalue weighted by molar-refractivity contribution is 7.21. The van der Waals surface area contributed by atoms with Gasteiger partial charge in [-0.1, -0.05) is 223 Å². The number of hydrogen-bond donors (Lipinski definition) is 0. The molecule has 4 aliphatic carbocycles. The topological polar surface area (TPSA) is 23.9 Å². The van der Waals surface area contributed by atoms with Gasteiger partial charge in [0.15, 0.2) is 27.5 Å². The van der Waals surface area contributed by atoms with Crippen molar-refractivity contribution in [1.82, 2.24) is 4.98 Å². The number of para-hydroxylation sites is 2. The van der Waals surface area contributed by atoms with Crippen LogP contribution in [0, 0.1) is 23.7 Å². The van der Waals surface area contributed by atoms with Crippen molar-refractivity contribution in [2.45, 2.75) is 37.5 Å². The molecule has 0 saturated heterocycles. The fraction of sp³-hybridized carbons (Fsp3) is 0.137. The van der Waals surface area contributed by atoms with Crippen LogP contribution >= 0.6 is 0 Å². The molecular formula is C73H58N4Si2+2. The molecule has 9 aliphatic rings. The van der Waals surface area contributed by atoms with Crippen LogP contribution in [0.5, 0.6) is 0 Å². The smallest absolute Gasteiger partial charge is 0.223 e. The lowest BCUT2D eigenvalue weighted by molar-refractivity contribution is -0.706. The monoisotopic (exact) mass is 1050 g/mol. The van der Waals surface area contributed by atoms with Crippen LogP contribution in [0.2, 0.25) is 0 Å². The fourth-order valence-corrected chi connectivity index (χ4v) is 27.2. The zero-order valence-corrected chi connectivity index (χ0v) is 46.0. The van der Waals surface area contributed by atoms with Gasteiger partial charge in [-0.15, -0.1) is 4.57 Å². The van der Waals surface area contributed by atoms with E-state index in [9.17, 15) is 0 Å². The third-order valence-electron chi connectivity index (χ3n) is 19.9. The second-order valence-electron chi connectivity index (χ2n) is 23.4. The van der Waals surface area contributed by atoms with Gasteiger partial charge in [-0.25, -0.2) is 4.90 Å². The highest BCUT2D eigenvalue weighted by Gasteiger charge is 2.63. The molecule has 79 heavy (non-hydrogen) atoms. The molecule has 4 nitrogen and oxygen atoms in total. The van der Waals surface area contributed by atoms with Crippen LogP contribution < -0.4 is 55.5 Å². The van der Waals surface area contributed by atoms with Gasteiger partial charge in [0.2, 0.25) is 0 Å². The maximum absolute atomic E-state index is 6.46. The third-order valence-corrected chi connectivity index (χ3v) is 29.6. The van der Waals surface area contributed by atoms with Gasteiger partial charge in [-0.05, 0) is 157 Å². The van der Waals surface area contributed by atoms with Crippen molar-refractivity contribution >= 4 is 75.0 Å². The Bertz CT molecular complexity index is 4050. The van der Waals surface area contributed by atoms with E-state index < -0.39 is 16.1 Å². The van der Waals surface area contributed by atoms with Crippen molar-refractivity contribution < 1.29 is 9.13 Å². The van der Waals surface area contributed by atoms with E-state index in [2.05, 4.69) is 281 Å². The van der Waals surface area contributed by atoms with Gasteiger partial charge in [-0.2, -0.15) is 0 Å². The van der Waals surface area contributed by atoms with Crippen molar-refractivity contribution in [3.8, 4) is 34.2 Å². The third kappa shape index (κ3) is 6.11. The van der Waals surface area contributed by atoms with Crippen LogP contribution in [0.1, 0.15) is 43.2 Å². The number of fused-ring (bicyclic) bond motifs is 6. The number of anilines is 3. The van der Waals surface area contributed by atoms with E-state index >= 15 is 0 Å². The van der Waals surface area contributed by atoms with Gasteiger partial charge in [-0.3, -0.25) is 0 Å². The molecule has 376 valence electrons. The molecule has 0 unspecified atom stereocenters. The summed E-state index contributed by atoms with van der Waals surface area (Å²) in [6.07, 6.45) is 6.67. The number of nitrogens with zero attached hydrogens (tertiary/aromatic N) is 4. The van der Waals surface area contributed by atoms with Crippen molar-refractivity contribution in [3.63, 3.8) is 0 Å². The lowest BCUT2D eigenvalue weighted by Crippen LogP contribution is -2.75. The molecule has 11 aromatic rings. The first-order valence-electron chi connectivity index (χ1n) is 28.7. The zero-order chi connectivity index (χ0) is 51.9. The molecule has 6 heterocycles. The lowest BCUT2D eigenvalue weighted by Gasteiger charge is -2.63. The van der Waals surface area contributed by atoms with Gasteiger partial charge >= 0.3 is 17.6 Å². The Balaban J connectivity index is 1.06. The Morgan fingerprint density at radius 2 is 0.722 bits per heavy atom. The average molecular weight is 1050 g/mol. The second kappa shape index (κ2) is 17.2. The molecular weight excluding hydrogens is 989 g/mol. The van der Waals surface area contributed by atoms with Gasteiger partial charge in [0, 0.05) is 5.41 Å². The number of hydrogen-bond acceptors (Lipinski definition) is 2. The van der Waals surface area contributed by atoms with E-state index in [1.807, 2.05) is 0 Å². The van der Waals surface area contributed by atoms with Gasteiger partial charge in [0.1, 0.15) is 0 Å². The van der Waals surface area contributed by atoms with Crippen LogP contribution in [-0.2, 0) is 5.41 Å². The van der Waals surface area contributed by atoms with Gasteiger partial charge < -0.3 is 0 Å². The minimum atomic E-state index is -3.10. The van der Waals surface area contributed by atoms with Crippen molar-refractivity contribution in [3.05, 3.63) is 278 Å². The Morgan fingerprint density at radius 1 is 0.354 bits per heavy atom. The van der Waals surface area contributed by atoms with Gasteiger partial charge in [0.05, 0.1) is 27.5 Å². The first kappa shape index (κ1) is 45.5. The Labute approximate surface area is 464 Å². The second-order valence-corrected chi connectivity index (χ2v) is 31.0. The van der Waals surface area contributed by atoms with Crippen LogP contribution in [0.25, 0.3) is 34.2 Å². The first-order chi connectivity index (χ1) is 39.2. The lowest BCUT2D eigenvalue weighted by atomic mass is 9.41. The molecule has 0 atom stereocenters. The summed E-state index contributed by atoms with van der Waals surface area (Å²) in [5.74, 6) is 5.76. The number of benzene rings is 10. The highest BCUT2D eigenvalue weighted by Crippen LogP contribution is 2.69. The molecule has 0 radical (unpaired) electrons. The van der Waals surface area contributed by atoms with Crippen molar-refractivity contribution in [2.24, 2.45) is 23.7 Å². The molecule has 0 amide bonds. The molecule has 0 N–H and O–H groups in total. The van der Waals surface area contributed by atoms with Crippen LogP contribution in [0.4, 0.5) is 17.3 Å². The van der Waals surface area contributed by atoms with Crippen LogP contribution in [-0.4, -0.2) is 21.1 Å². The summed E-state index contributed by atoms with van der Waals surface area (Å²) < 4.78 is 5.11. The first-order valence-corrected chi connectivity index (χ1v) is 32.7. The summed E-state index contributed by atoms with van der Waals surface area (Å²) in [7, 11) is -6.17. The minimum Gasteiger partial charge on any atom is -0.223 e. The molecule has 4 saturated carbocycles. The van der Waals surface area contributed by atoms with E-state index in [1.165, 1.54) is 102 Å². The normalized spacial score (nSPS) is 20.4. The molecule has 6 heteroatoms. The average Bonchev–Trinajstić information content (AvgIpc) is 3.67. The summed E-state index contributed by atoms with van der Waals surface area (Å²) in [5.41, 5.74) is 9.87. The predicted molar refractivity (Wildman–Crippen MR) is 325 cm³/mol. The summed E-state index contributed by atoms with van der Waals surface area (Å²) in [5, 5.41) is 10.8. The molecule has 1 spiro atoms. The van der Waals surface area contributed by atoms with Crippen LogP contribution in [0.15, 0.2) is 267 Å². The number of rotatable bonds is 5. The van der Waals surface area contributed by atoms with Gasteiger partial charge in [0.25, 0.3) is 0 Å². The van der Waals surface area contributed by atoms with E-state index in [0.717, 1.165) is 46.4 Å². The molecule has 5 aliphatic heterocycles. The SMILES string of the molecule is c1ccc([Si]2(c3ccccc3)c3ccc(cc3)-[n+]3c(nc(N4c5ccccc5C5(c6ccccc64)C4CC6CC(C4)CC5C6)[n+]4c3-c3ccccc3[Si](c3ccccc3)(c3ccccc3)c3ccc-4cc3)-c3ccccc32)cc1. The molecule has 20 rings (SSSR count). The zero-order valence-electron chi connectivity index (χ0n) is 44.0. The summed E-state index contributed by atoms with van der Waals surface area (Å²) in [6.45, 7) is 0. The van der Waals surface area contributed by atoms with E-state index in [-0.39, 0.29) is 5.41 Å². The summed E-state index contributed by atoms with van der Waals surface area (Å²) in [6, 6.07) is 103. The van der Waals surface area contributed by atoms with Crippen LogP contribution in [0.3, 0.4) is 0 Å². The fourth-order valence-electron chi connectivity index (χ4n) is 17.3. The highest BCUT2D eigenvalue weighted by atomic mass is 28.3.